The summed E-state index contributed by atoms with van der Waals surface area (Å²) in [6.45, 7) is 4.00. The lowest BCUT2D eigenvalue weighted by Crippen LogP contribution is -2.23. The molecule has 18 heavy (non-hydrogen) atoms. The number of nitrogens with zero attached hydrogens (tertiary/aromatic N) is 1. The van der Waals surface area contributed by atoms with Crippen molar-refractivity contribution >= 4 is 0 Å². The molecule has 1 aromatic heterocycles. The van der Waals surface area contributed by atoms with Crippen molar-refractivity contribution in [2.45, 2.75) is 19.9 Å². The molecule has 0 saturated carbocycles. The number of nitrogens with two attached hydrogens (primary N) is 1. The molecule has 0 amide bonds. The van der Waals surface area contributed by atoms with Gasteiger partial charge in [0.15, 0.2) is 0 Å². The average molecular weight is 243 g/mol. The number of hydrogen-bond acceptors (Lipinski definition) is 3. The summed E-state index contributed by atoms with van der Waals surface area (Å²) in [6, 6.07) is 10.8. The Kier molecular flexibility index (Phi) is 3.58. The predicted molar refractivity (Wildman–Crippen MR) is 72.1 cm³/mol. The van der Waals surface area contributed by atoms with Crippen molar-refractivity contribution in [1.82, 2.24) is 9.97 Å². The van der Waals surface area contributed by atoms with Gasteiger partial charge in [0.25, 0.3) is 5.56 Å². The fourth-order valence-electron chi connectivity index (χ4n) is 1.71. The molecular weight excluding hydrogens is 226 g/mol. The standard InChI is InChI=1S/C14H17N3O/c1-9(2)13(15)14-16-11(8-12(18)17-14)10-6-4-3-5-7-10/h3-9,13H,15H2,1-2H3,(H,16,17,18). The molecule has 0 bridgehead atoms. The number of aromatic amines is 1. The zero-order chi connectivity index (χ0) is 13.1. The van der Waals surface area contributed by atoms with Crippen LogP contribution in [0.2, 0.25) is 0 Å². The summed E-state index contributed by atoms with van der Waals surface area (Å²) in [5.74, 6) is 0.760. The monoisotopic (exact) mass is 243 g/mol. The van der Waals surface area contributed by atoms with Crippen LogP contribution >= 0.6 is 0 Å². The van der Waals surface area contributed by atoms with Crippen molar-refractivity contribution in [3.05, 3.63) is 52.6 Å². The second-order valence-corrected chi connectivity index (χ2v) is 4.65. The van der Waals surface area contributed by atoms with Gasteiger partial charge in [0.2, 0.25) is 0 Å². The van der Waals surface area contributed by atoms with Crippen molar-refractivity contribution in [3.63, 3.8) is 0 Å². The van der Waals surface area contributed by atoms with Crippen LogP contribution in [0.15, 0.2) is 41.2 Å². The number of hydrogen-bond donors (Lipinski definition) is 2. The highest BCUT2D eigenvalue weighted by molar-refractivity contribution is 5.58. The Bertz CT molecular complexity index is 575. The number of rotatable bonds is 3. The third kappa shape index (κ3) is 2.65. The highest BCUT2D eigenvalue weighted by atomic mass is 16.1. The third-order valence-corrected chi connectivity index (χ3v) is 2.86. The first kappa shape index (κ1) is 12.5. The normalized spacial score (nSPS) is 12.7. The largest absolute Gasteiger partial charge is 0.321 e. The van der Waals surface area contributed by atoms with Crippen LogP contribution < -0.4 is 11.3 Å². The Balaban J connectivity index is 2.48. The van der Waals surface area contributed by atoms with Gasteiger partial charge in [-0.15, -0.1) is 0 Å². The van der Waals surface area contributed by atoms with E-state index in [4.69, 9.17) is 5.73 Å². The average Bonchev–Trinajstić information content (AvgIpc) is 2.38. The molecule has 0 aliphatic heterocycles. The molecular formula is C14H17N3O. The van der Waals surface area contributed by atoms with Crippen molar-refractivity contribution < 1.29 is 0 Å². The van der Waals surface area contributed by atoms with Crippen molar-refractivity contribution in [3.8, 4) is 11.3 Å². The van der Waals surface area contributed by atoms with Gasteiger partial charge in [-0.2, -0.15) is 0 Å². The Morgan fingerprint density at radius 1 is 1.22 bits per heavy atom. The van der Waals surface area contributed by atoms with Crippen molar-refractivity contribution in [1.29, 1.82) is 0 Å². The summed E-state index contributed by atoms with van der Waals surface area (Å²) in [5.41, 5.74) is 7.42. The van der Waals surface area contributed by atoms with Gasteiger partial charge < -0.3 is 10.7 Å². The number of benzene rings is 1. The zero-order valence-corrected chi connectivity index (χ0v) is 10.6. The van der Waals surface area contributed by atoms with Crippen LogP contribution in [-0.2, 0) is 0 Å². The highest BCUT2D eigenvalue weighted by Crippen LogP contribution is 2.18. The van der Waals surface area contributed by atoms with E-state index in [-0.39, 0.29) is 17.5 Å². The molecule has 0 spiro atoms. The van der Waals surface area contributed by atoms with Gasteiger partial charge in [-0.05, 0) is 5.92 Å². The van der Waals surface area contributed by atoms with E-state index >= 15 is 0 Å². The molecule has 94 valence electrons. The summed E-state index contributed by atoms with van der Waals surface area (Å²) in [4.78, 5) is 18.8. The first-order valence-corrected chi connectivity index (χ1v) is 6.00. The quantitative estimate of drug-likeness (QED) is 0.867. The molecule has 4 heteroatoms. The SMILES string of the molecule is CC(C)C(N)c1nc(-c2ccccc2)cc(=O)[nH]1. The van der Waals surface area contributed by atoms with Crippen LogP contribution in [0.4, 0.5) is 0 Å². The summed E-state index contributed by atoms with van der Waals surface area (Å²) in [6.07, 6.45) is 0. The number of H-pyrrole nitrogens is 1. The molecule has 1 aromatic carbocycles. The zero-order valence-electron chi connectivity index (χ0n) is 10.6. The van der Waals surface area contributed by atoms with Crippen LogP contribution in [0.1, 0.15) is 25.7 Å². The summed E-state index contributed by atoms with van der Waals surface area (Å²) in [7, 11) is 0. The minimum atomic E-state index is -0.263. The number of aromatic nitrogens is 2. The summed E-state index contributed by atoms with van der Waals surface area (Å²) in [5, 5.41) is 0. The van der Waals surface area contributed by atoms with E-state index in [0.717, 1.165) is 5.56 Å². The molecule has 1 atom stereocenters. The van der Waals surface area contributed by atoms with E-state index in [0.29, 0.717) is 11.5 Å². The van der Waals surface area contributed by atoms with E-state index in [9.17, 15) is 4.79 Å². The second kappa shape index (κ2) is 5.14. The fourth-order valence-corrected chi connectivity index (χ4v) is 1.71. The van der Waals surface area contributed by atoms with E-state index in [1.165, 1.54) is 6.07 Å². The molecule has 2 rings (SSSR count). The summed E-state index contributed by atoms with van der Waals surface area (Å²) < 4.78 is 0. The maximum atomic E-state index is 11.7. The molecule has 4 nitrogen and oxygen atoms in total. The molecule has 1 unspecified atom stereocenters. The lowest BCUT2D eigenvalue weighted by Gasteiger charge is -2.15. The topological polar surface area (TPSA) is 71.8 Å². The van der Waals surface area contributed by atoms with Crippen LogP contribution in [0.25, 0.3) is 11.3 Å². The first-order chi connectivity index (χ1) is 8.58. The molecule has 0 aliphatic carbocycles. The lowest BCUT2D eigenvalue weighted by molar-refractivity contribution is 0.489. The number of nitrogens with one attached hydrogen (secondary N) is 1. The maximum Gasteiger partial charge on any atom is 0.251 e. The van der Waals surface area contributed by atoms with Crippen LogP contribution in [0.3, 0.4) is 0 Å². The van der Waals surface area contributed by atoms with Gasteiger partial charge in [-0.1, -0.05) is 44.2 Å². The molecule has 0 fully saturated rings. The lowest BCUT2D eigenvalue weighted by atomic mass is 10.0. The molecule has 2 aromatic rings. The van der Waals surface area contributed by atoms with E-state index in [1.807, 2.05) is 44.2 Å². The van der Waals surface area contributed by atoms with Gasteiger partial charge in [0.1, 0.15) is 5.82 Å². The van der Waals surface area contributed by atoms with Gasteiger partial charge in [-0.3, -0.25) is 4.79 Å². The van der Waals surface area contributed by atoms with Crippen LogP contribution in [0.5, 0.6) is 0 Å². The van der Waals surface area contributed by atoms with Gasteiger partial charge >= 0.3 is 0 Å². The van der Waals surface area contributed by atoms with Crippen molar-refractivity contribution in [2.24, 2.45) is 11.7 Å². The smallest absolute Gasteiger partial charge is 0.251 e. The Morgan fingerprint density at radius 2 is 1.89 bits per heavy atom. The van der Waals surface area contributed by atoms with Crippen molar-refractivity contribution in [2.75, 3.05) is 0 Å². The third-order valence-electron chi connectivity index (χ3n) is 2.86. The predicted octanol–water partition coefficient (Wildman–Crippen LogP) is 2.09. The Hall–Kier alpha value is -1.94. The van der Waals surface area contributed by atoms with E-state index < -0.39 is 0 Å². The summed E-state index contributed by atoms with van der Waals surface area (Å²) >= 11 is 0. The van der Waals surface area contributed by atoms with E-state index in [1.54, 1.807) is 0 Å². The molecule has 1 heterocycles. The highest BCUT2D eigenvalue weighted by Gasteiger charge is 2.14. The van der Waals surface area contributed by atoms with Crippen LogP contribution in [-0.4, -0.2) is 9.97 Å². The van der Waals surface area contributed by atoms with E-state index in [2.05, 4.69) is 9.97 Å². The van der Waals surface area contributed by atoms with Gasteiger partial charge in [0.05, 0.1) is 11.7 Å². The maximum absolute atomic E-state index is 11.7. The molecule has 3 N–H and O–H groups in total. The van der Waals surface area contributed by atoms with Gasteiger partial charge in [-0.25, -0.2) is 4.98 Å². The first-order valence-electron chi connectivity index (χ1n) is 6.00. The Labute approximate surface area is 106 Å². The minimum Gasteiger partial charge on any atom is -0.321 e. The minimum absolute atomic E-state index is 0.171. The fraction of sp³-hybridized carbons (Fsp3) is 0.286. The molecule has 0 saturated heterocycles. The van der Waals surface area contributed by atoms with Gasteiger partial charge in [0, 0.05) is 11.6 Å². The van der Waals surface area contributed by atoms with Crippen LogP contribution in [0, 0.1) is 5.92 Å². The molecule has 0 radical (unpaired) electrons. The Morgan fingerprint density at radius 3 is 2.50 bits per heavy atom. The molecule has 0 aliphatic rings. The second-order valence-electron chi connectivity index (χ2n) is 4.65.